The van der Waals surface area contributed by atoms with Crippen LogP contribution in [0.5, 0.6) is 0 Å². The lowest BCUT2D eigenvalue weighted by atomic mass is 9.72. The lowest BCUT2D eigenvalue weighted by Gasteiger charge is -2.42. The number of ether oxygens (including phenoxy) is 1. The summed E-state index contributed by atoms with van der Waals surface area (Å²) < 4.78 is 5.03. The first-order chi connectivity index (χ1) is 7.12. The fourth-order valence-corrected chi connectivity index (χ4v) is 3.02. The second kappa shape index (κ2) is 5.83. The maximum atomic E-state index is 9.57. The van der Waals surface area contributed by atoms with Crippen LogP contribution in [0.15, 0.2) is 0 Å². The summed E-state index contributed by atoms with van der Waals surface area (Å²) in [7, 11) is 1.71. The van der Waals surface area contributed by atoms with Crippen LogP contribution >= 0.6 is 0 Å². The maximum Gasteiger partial charge on any atom is 0.0613 e. The second-order valence-electron chi connectivity index (χ2n) is 5.21. The molecular weight excluding hydrogens is 190 g/mol. The van der Waals surface area contributed by atoms with Crippen molar-refractivity contribution in [3.8, 4) is 0 Å². The minimum Gasteiger partial charge on any atom is -0.394 e. The van der Waals surface area contributed by atoms with E-state index in [0.29, 0.717) is 18.4 Å². The van der Waals surface area contributed by atoms with Crippen molar-refractivity contribution in [2.45, 2.75) is 38.6 Å². The molecule has 0 spiro atoms. The molecule has 0 heterocycles. The van der Waals surface area contributed by atoms with Gasteiger partial charge in [-0.3, -0.25) is 0 Å². The molecule has 0 aromatic rings. The minimum atomic E-state index is -0.0599. The van der Waals surface area contributed by atoms with Crippen LogP contribution in [0, 0.1) is 11.8 Å². The summed E-state index contributed by atoms with van der Waals surface area (Å²) in [6.07, 6.45) is 3.45. The lowest BCUT2D eigenvalue weighted by Crippen LogP contribution is -2.53. The Balaban J connectivity index is 2.49. The molecule has 1 saturated carbocycles. The van der Waals surface area contributed by atoms with Gasteiger partial charge in [-0.1, -0.05) is 13.8 Å². The number of methoxy groups -OCH3 is 1. The molecule has 90 valence electrons. The van der Waals surface area contributed by atoms with Crippen LogP contribution < -0.4 is 5.32 Å². The summed E-state index contributed by atoms with van der Waals surface area (Å²) >= 11 is 0. The molecule has 2 unspecified atom stereocenters. The van der Waals surface area contributed by atoms with E-state index in [1.165, 1.54) is 6.42 Å². The van der Waals surface area contributed by atoms with Crippen molar-refractivity contribution < 1.29 is 9.84 Å². The van der Waals surface area contributed by atoms with Crippen LogP contribution in [0.2, 0.25) is 0 Å². The van der Waals surface area contributed by atoms with E-state index in [2.05, 4.69) is 19.2 Å². The summed E-state index contributed by atoms with van der Waals surface area (Å²) in [6.45, 7) is 6.34. The minimum absolute atomic E-state index is 0.0599. The van der Waals surface area contributed by atoms with Crippen molar-refractivity contribution >= 4 is 0 Å². The first-order valence-electron chi connectivity index (χ1n) is 5.97. The van der Waals surface area contributed by atoms with Crippen molar-refractivity contribution in [3.63, 3.8) is 0 Å². The zero-order valence-electron chi connectivity index (χ0n) is 10.3. The molecule has 1 rings (SSSR count). The third kappa shape index (κ3) is 3.74. The van der Waals surface area contributed by atoms with Gasteiger partial charge in [0.2, 0.25) is 0 Å². The highest BCUT2D eigenvalue weighted by Crippen LogP contribution is 2.35. The topological polar surface area (TPSA) is 41.5 Å². The third-order valence-corrected chi connectivity index (χ3v) is 3.39. The summed E-state index contributed by atoms with van der Waals surface area (Å²) in [4.78, 5) is 0. The van der Waals surface area contributed by atoms with Gasteiger partial charge in [0.05, 0.1) is 13.2 Å². The fourth-order valence-electron chi connectivity index (χ4n) is 3.02. The first kappa shape index (κ1) is 12.9. The molecule has 0 aromatic carbocycles. The molecular formula is C12H25NO2. The smallest absolute Gasteiger partial charge is 0.0613 e. The van der Waals surface area contributed by atoms with E-state index >= 15 is 0 Å². The lowest BCUT2D eigenvalue weighted by molar-refractivity contribution is 0.0682. The molecule has 3 heteroatoms. The van der Waals surface area contributed by atoms with Crippen molar-refractivity contribution in [2.75, 3.05) is 26.9 Å². The van der Waals surface area contributed by atoms with E-state index in [-0.39, 0.29) is 12.1 Å². The van der Waals surface area contributed by atoms with E-state index in [1.54, 1.807) is 7.11 Å². The highest BCUT2D eigenvalue weighted by molar-refractivity contribution is 4.94. The molecule has 0 saturated heterocycles. The monoisotopic (exact) mass is 215 g/mol. The maximum absolute atomic E-state index is 9.57. The van der Waals surface area contributed by atoms with E-state index < -0.39 is 0 Å². The molecule has 0 aromatic heterocycles. The van der Waals surface area contributed by atoms with Crippen molar-refractivity contribution in [1.82, 2.24) is 5.32 Å². The molecule has 1 aliphatic carbocycles. The Bertz CT molecular complexity index is 174. The highest BCUT2D eigenvalue weighted by Gasteiger charge is 2.36. The molecule has 0 aliphatic heterocycles. The second-order valence-corrected chi connectivity index (χ2v) is 5.21. The van der Waals surface area contributed by atoms with Gasteiger partial charge in [0, 0.05) is 19.2 Å². The summed E-state index contributed by atoms with van der Waals surface area (Å²) in [5.41, 5.74) is -0.0599. The molecule has 1 fully saturated rings. The first-order valence-corrected chi connectivity index (χ1v) is 5.97. The van der Waals surface area contributed by atoms with Crippen LogP contribution in [-0.4, -0.2) is 37.5 Å². The van der Waals surface area contributed by atoms with Crippen molar-refractivity contribution in [1.29, 1.82) is 0 Å². The van der Waals surface area contributed by atoms with Gasteiger partial charge in [-0.05, 0) is 31.1 Å². The van der Waals surface area contributed by atoms with Crippen LogP contribution in [-0.2, 0) is 4.74 Å². The van der Waals surface area contributed by atoms with Gasteiger partial charge in [0.1, 0.15) is 0 Å². The van der Waals surface area contributed by atoms with Gasteiger partial charge in [0.25, 0.3) is 0 Å². The van der Waals surface area contributed by atoms with E-state index in [0.717, 1.165) is 19.4 Å². The highest BCUT2D eigenvalue weighted by atomic mass is 16.5. The number of hydrogen-bond acceptors (Lipinski definition) is 3. The predicted molar refractivity (Wildman–Crippen MR) is 61.9 cm³/mol. The average molecular weight is 215 g/mol. The number of hydrogen-bond donors (Lipinski definition) is 2. The largest absolute Gasteiger partial charge is 0.394 e. The number of aliphatic hydroxyl groups excluding tert-OH is 1. The fraction of sp³-hybridized carbons (Fsp3) is 1.00. The van der Waals surface area contributed by atoms with Gasteiger partial charge in [-0.15, -0.1) is 0 Å². The molecule has 3 nitrogen and oxygen atoms in total. The Labute approximate surface area is 93.2 Å². The Morgan fingerprint density at radius 2 is 1.93 bits per heavy atom. The zero-order valence-corrected chi connectivity index (χ0v) is 10.3. The zero-order chi connectivity index (χ0) is 11.3. The van der Waals surface area contributed by atoms with Crippen molar-refractivity contribution in [2.24, 2.45) is 11.8 Å². The Kier molecular flexibility index (Phi) is 5.03. The van der Waals surface area contributed by atoms with Gasteiger partial charge >= 0.3 is 0 Å². The van der Waals surface area contributed by atoms with E-state index in [9.17, 15) is 5.11 Å². The quantitative estimate of drug-likeness (QED) is 0.681. The van der Waals surface area contributed by atoms with Crippen LogP contribution in [0.25, 0.3) is 0 Å². The molecule has 0 amide bonds. The van der Waals surface area contributed by atoms with Crippen LogP contribution in [0.1, 0.15) is 33.1 Å². The Hall–Kier alpha value is -0.120. The molecule has 0 radical (unpaired) electrons. The number of rotatable bonds is 5. The van der Waals surface area contributed by atoms with Gasteiger partial charge in [0.15, 0.2) is 0 Å². The third-order valence-electron chi connectivity index (χ3n) is 3.39. The molecule has 1 aliphatic rings. The normalized spacial score (nSPS) is 36.8. The van der Waals surface area contributed by atoms with Crippen LogP contribution in [0.3, 0.4) is 0 Å². The molecule has 2 atom stereocenters. The van der Waals surface area contributed by atoms with E-state index in [1.807, 2.05) is 0 Å². The average Bonchev–Trinajstić information content (AvgIpc) is 2.17. The molecule has 15 heavy (non-hydrogen) atoms. The predicted octanol–water partition coefficient (Wildman–Crippen LogP) is 1.41. The summed E-state index contributed by atoms with van der Waals surface area (Å²) in [6, 6.07) is 0. The Morgan fingerprint density at radius 1 is 1.33 bits per heavy atom. The molecule has 0 bridgehead atoms. The summed E-state index contributed by atoms with van der Waals surface area (Å²) in [5, 5.41) is 13.0. The van der Waals surface area contributed by atoms with E-state index in [4.69, 9.17) is 4.74 Å². The molecule has 2 N–H and O–H groups in total. The van der Waals surface area contributed by atoms with Crippen molar-refractivity contribution in [3.05, 3.63) is 0 Å². The Morgan fingerprint density at radius 3 is 2.40 bits per heavy atom. The van der Waals surface area contributed by atoms with Crippen LogP contribution in [0.4, 0.5) is 0 Å². The SMILES string of the molecule is COCCNC1(CO)CC(C)CC(C)C1. The van der Waals surface area contributed by atoms with Gasteiger partial charge in [-0.2, -0.15) is 0 Å². The van der Waals surface area contributed by atoms with Gasteiger partial charge in [-0.25, -0.2) is 0 Å². The standard InChI is InChI=1S/C12H25NO2/c1-10-6-11(2)8-12(7-10,9-14)13-4-5-15-3/h10-11,13-14H,4-9H2,1-3H3. The van der Waals surface area contributed by atoms with Gasteiger partial charge < -0.3 is 15.2 Å². The number of nitrogens with one attached hydrogen (secondary N) is 1. The number of aliphatic hydroxyl groups is 1. The summed E-state index contributed by atoms with van der Waals surface area (Å²) in [5.74, 6) is 1.41.